The Kier molecular flexibility index (Phi) is 6.48. The van der Waals surface area contributed by atoms with E-state index in [0.717, 1.165) is 28.5 Å². The average Bonchev–Trinajstić information content (AvgIpc) is 3.18. The number of aromatic nitrogens is 3. The van der Waals surface area contributed by atoms with Crippen LogP contribution in [0.4, 0.5) is 0 Å². The van der Waals surface area contributed by atoms with Crippen LogP contribution in [0.15, 0.2) is 34.2 Å². The first-order valence-electron chi connectivity index (χ1n) is 7.64. The van der Waals surface area contributed by atoms with Gasteiger partial charge in [0.05, 0.1) is 12.1 Å². The van der Waals surface area contributed by atoms with Crippen LogP contribution in [-0.2, 0) is 12.8 Å². The Bertz CT molecular complexity index is 769. The highest BCUT2D eigenvalue weighted by Crippen LogP contribution is 2.24. The number of likely N-dealkylation sites (N-methyl/N-ethyl adjacent to an activating group) is 1. The van der Waals surface area contributed by atoms with Crippen molar-refractivity contribution in [2.24, 2.45) is 0 Å². The predicted molar refractivity (Wildman–Crippen MR) is 98.9 cm³/mol. The summed E-state index contributed by atoms with van der Waals surface area (Å²) in [6.45, 7) is 4.17. The summed E-state index contributed by atoms with van der Waals surface area (Å²) in [5, 5.41) is 10.3. The van der Waals surface area contributed by atoms with Crippen LogP contribution in [0.3, 0.4) is 0 Å². The van der Waals surface area contributed by atoms with E-state index in [4.69, 9.17) is 4.52 Å². The van der Waals surface area contributed by atoms with E-state index in [1.165, 1.54) is 5.56 Å². The van der Waals surface area contributed by atoms with E-state index in [1.54, 1.807) is 11.3 Å². The molecule has 0 fully saturated rings. The quantitative estimate of drug-likeness (QED) is 0.723. The van der Waals surface area contributed by atoms with Gasteiger partial charge in [-0.05, 0) is 20.9 Å². The highest BCUT2D eigenvalue weighted by atomic mass is 35.5. The maximum absolute atomic E-state index is 5.32. The second-order valence-electron chi connectivity index (χ2n) is 5.68. The number of thiazole rings is 1. The summed E-state index contributed by atoms with van der Waals surface area (Å²) in [5.41, 5.74) is 3.35. The summed E-state index contributed by atoms with van der Waals surface area (Å²) in [4.78, 5) is 9.10. The Labute approximate surface area is 151 Å². The van der Waals surface area contributed by atoms with Crippen LogP contribution in [0, 0.1) is 6.92 Å². The van der Waals surface area contributed by atoms with Gasteiger partial charge in [0.1, 0.15) is 5.01 Å². The van der Waals surface area contributed by atoms with Gasteiger partial charge in [0, 0.05) is 23.4 Å². The third-order valence-corrected chi connectivity index (χ3v) is 4.61. The standard InChI is InChI=1S/C17H20N4OS.ClH/c1-11-4-6-13(7-5-11)17-19-14(10-23-17)9-16-20-15(21-22-16)8-12(2)18-3;/h4-7,10,12,18H,8-9H2,1-3H3;1H. The van der Waals surface area contributed by atoms with Crippen LogP contribution in [0.25, 0.3) is 10.6 Å². The van der Waals surface area contributed by atoms with Gasteiger partial charge in [-0.2, -0.15) is 4.98 Å². The largest absolute Gasteiger partial charge is 0.339 e. The summed E-state index contributed by atoms with van der Waals surface area (Å²) in [5.74, 6) is 1.35. The number of benzene rings is 1. The SMILES string of the molecule is CNC(C)Cc1noc(Cc2csc(-c3ccc(C)cc3)n2)n1.Cl. The first-order valence-corrected chi connectivity index (χ1v) is 8.52. The van der Waals surface area contributed by atoms with E-state index in [2.05, 4.69) is 63.9 Å². The smallest absolute Gasteiger partial charge is 0.232 e. The fraction of sp³-hybridized carbons (Fsp3) is 0.353. The summed E-state index contributed by atoms with van der Waals surface area (Å²) < 4.78 is 5.32. The maximum atomic E-state index is 5.32. The van der Waals surface area contributed by atoms with Crippen LogP contribution >= 0.6 is 23.7 Å². The molecule has 2 aromatic heterocycles. The molecule has 24 heavy (non-hydrogen) atoms. The molecule has 1 unspecified atom stereocenters. The molecular weight excluding hydrogens is 344 g/mol. The topological polar surface area (TPSA) is 63.8 Å². The van der Waals surface area contributed by atoms with Crippen molar-refractivity contribution in [3.05, 3.63) is 52.6 Å². The molecule has 0 aliphatic rings. The lowest BCUT2D eigenvalue weighted by atomic mass is 10.2. The van der Waals surface area contributed by atoms with Gasteiger partial charge in [-0.25, -0.2) is 4.98 Å². The Balaban J connectivity index is 0.00000208. The second kappa shape index (κ2) is 8.37. The monoisotopic (exact) mass is 364 g/mol. The maximum Gasteiger partial charge on any atom is 0.232 e. The van der Waals surface area contributed by atoms with E-state index >= 15 is 0 Å². The van der Waals surface area contributed by atoms with Crippen LogP contribution in [-0.4, -0.2) is 28.2 Å². The molecule has 3 aromatic rings. The molecule has 1 N–H and O–H groups in total. The molecule has 0 spiro atoms. The zero-order chi connectivity index (χ0) is 16.2. The Hall–Kier alpha value is -1.76. The minimum Gasteiger partial charge on any atom is -0.339 e. The van der Waals surface area contributed by atoms with Crippen LogP contribution < -0.4 is 5.32 Å². The molecule has 1 atom stereocenters. The molecule has 128 valence electrons. The fourth-order valence-corrected chi connectivity index (χ4v) is 3.02. The molecule has 0 saturated heterocycles. The molecule has 1 aromatic carbocycles. The van der Waals surface area contributed by atoms with Crippen molar-refractivity contribution in [1.29, 1.82) is 0 Å². The van der Waals surface area contributed by atoms with Crippen molar-refractivity contribution in [3.8, 4) is 10.6 Å². The average molecular weight is 365 g/mol. The van der Waals surface area contributed by atoms with Crippen molar-refractivity contribution in [2.45, 2.75) is 32.7 Å². The van der Waals surface area contributed by atoms with Gasteiger partial charge in [0.2, 0.25) is 5.89 Å². The highest BCUT2D eigenvalue weighted by Gasteiger charge is 2.12. The van der Waals surface area contributed by atoms with Crippen molar-refractivity contribution in [3.63, 3.8) is 0 Å². The van der Waals surface area contributed by atoms with Crippen molar-refractivity contribution < 1.29 is 4.52 Å². The molecule has 0 saturated carbocycles. The Morgan fingerprint density at radius 1 is 1.21 bits per heavy atom. The van der Waals surface area contributed by atoms with E-state index < -0.39 is 0 Å². The fourth-order valence-electron chi connectivity index (χ4n) is 2.19. The number of hydrogen-bond donors (Lipinski definition) is 1. The molecule has 0 bridgehead atoms. The van der Waals surface area contributed by atoms with E-state index in [1.807, 2.05) is 7.05 Å². The lowest BCUT2D eigenvalue weighted by Gasteiger charge is -2.04. The number of nitrogens with zero attached hydrogens (tertiary/aromatic N) is 3. The molecule has 3 rings (SSSR count). The summed E-state index contributed by atoms with van der Waals surface area (Å²) in [6.07, 6.45) is 1.33. The zero-order valence-corrected chi connectivity index (χ0v) is 15.6. The van der Waals surface area contributed by atoms with Gasteiger partial charge in [0.25, 0.3) is 0 Å². The lowest BCUT2D eigenvalue weighted by molar-refractivity contribution is 0.376. The predicted octanol–water partition coefficient (Wildman–Crippen LogP) is 3.66. The van der Waals surface area contributed by atoms with Crippen LogP contribution in [0.1, 0.15) is 29.9 Å². The van der Waals surface area contributed by atoms with Gasteiger partial charge in [-0.15, -0.1) is 23.7 Å². The Morgan fingerprint density at radius 3 is 2.67 bits per heavy atom. The molecule has 2 heterocycles. The molecule has 0 aliphatic heterocycles. The first kappa shape index (κ1) is 18.6. The van der Waals surface area contributed by atoms with Gasteiger partial charge in [-0.1, -0.05) is 35.0 Å². The minimum atomic E-state index is 0. The third-order valence-electron chi connectivity index (χ3n) is 3.67. The van der Waals surface area contributed by atoms with Gasteiger partial charge in [0.15, 0.2) is 5.82 Å². The lowest BCUT2D eigenvalue weighted by Crippen LogP contribution is -2.24. The molecule has 5 nitrogen and oxygen atoms in total. The van der Waals surface area contributed by atoms with E-state index in [-0.39, 0.29) is 12.4 Å². The minimum absolute atomic E-state index is 0. The summed E-state index contributed by atoms with van der Waals surface area (Å²) >= 11 is 1.64. The molecule has 0 aliphatic carbocycles. The first-order chi connectivity index (χ1) is 11.1. The molecule has 7 heteroatoms. The van der Waals surface area contributed by atoms with Gasteiger partial charge < -0.3 is 9.84 Å². The summed E-state index contributed by atoms with van der Waals surface area (Å²) in [6, 6.07) is 8.73. The molecule has 0 amide bonds. The summed E-state index contributed by atoms with van der Waals surface area (Å²) in [7, 11) is 1.92. The number of halogens is 1. The van der Waals surface area contributed by atoms with Crippen molar-refractivity contribution in [2.75, 3.05) is 7.05 Å². The molecular formula is C17H21ClN4OS. The van der Waals surface area contributed by atoms with Gasteiger partial charge >= 0.3 is 0 Å². The second-order valence-corrected chi connectivity index (χ2v) is 6.54. The number of aryl methyl sites for hydroxylation is 1. The zero-order valence-electron chi connectivity index (χ0n) is 13.9. The highest BCUT2D eigenvalue weighted by molar-refractivity contribution is 7.13. The van der Waals surface area contributed by atoms with E-state index in [9.17, 15) is 0 Å². The number of nitrogens with one attached hydrogen (secondary N) is 1. The van der Waals surface area contributed by atoms with Gasteiger partial charge in [-0.3, -0.25) is 0 Å². The Morgan fingerprint density at radius 2 is 1.96 bits per heavy atom. The third kappa shape index (κ3) is 4.63. The van der Waals surface area contributed by atoms with Crippen LogP contribution in [0.5, 0.6) is 0 Å². The molecule has 0 radical (unpaired) electrons. The van der Waals surface area contributed by atoms with Crippen molar-refractivity contribution in [1.82, 2.24) is 20.4 Å². The van der Waals surface area contributed by atoms with E-state index in [0.29, 0.717) is 18.4 Å². The van der Waals surface area contributed by atoms with Crippen LogP contribution in [0.2, 0.25) is 0 Å². The van der Waals surface area contributed by atoms with Crippen molar-refractivity contribution >= 4 is 23.7 Å². The normalized spacial score (nSPS) is 12.0. The number of rotatable bonds is 6. The number of hydrogen-bond acceptors (Lipinski definition) is 6.